The Labute approximate surface area is 176 Å². The number of methoxy groups -OCH3 is 1. The van der Waals surface area contributed by atoms with E-state index in [2.05, 4.69) is 6.07 Å². The summed E-state index contributed by atoms with van der Waals surface area (Å²) in [4.78, 5) is 19.8. The molecule has 2 heterocycles. The Morgan fingerprint density at radius 2 is 1.87 bits per heavy atom. The van der Waals surface area contributed by atoms with Gasteiger partial charge in [-0.25, -0.2) is 4.39 Å². The van der Waals surface area contributed by atoms with Crippen molar-refractivity contribution >= 4 is 5.91 Å². The highest BCUT2D eigenvalue weighted by Gasteiger charge is 2.28. The highest BCUT2D eigenvalue weighted by Crippen LogP contribution is 2.31. The molecule has 1 aliphatic rings. The number of hydrogen-bond donors (Lipinski definition) is 0. The molecule has 5 heteroatoms. The summed E-state index contributed by atoms with van der Waals surface area (Å²) in [6, 6.07) is 17.9. The maximum atomic E-state index is 13.3. The van der Waals surface area contributed by atoms with Crippen molar-refractivity contribution in [1.82, 2.24) is 9.88 Å². The highest BCUT2D eigenvalue weighted by molar-refractivity contribution is 5.97. The third-order valence-electron chi connectivity index (χ3n) is 5.62. The maximum Gasteiger partial charge on any atom is 0.257 e. The van der Waals surface area contributed by atoms with Gasteiger partial charge in [0.1, 0.15) is 11.6 Å². The first-order chi connectivity index (χ1) is 14.5. The monoisotopic (exact) mass is 404 g/mol. The molecule has 1 aliphatic heterocycles. The molecule has 1 saturated heterocycles. The van der Waals surface area contributed by atoms with Crippen molar-refractivity contribution in [3.8, 4) is 16.9 Å². The number of benzene rings is 2. The van der Waals surface area contributed by atoms with Gasteiger partial charge in [0.15, 0.2) is 0 Å². The van der Waals surface area contributed by atoms with E-state index in [0.717, 1.165) is 41.9 Å². The van der Waals surface area contributed by atoms with Crippen LogP contribution in [0.5, 0.6) is 5.75 Å². The van der Waals surface area contributed by atoms with E-state index in [0.29, 0.717) is 17.9 Å². The van der Waals surface area contributed by atoms with Gasteiger partial charge in [-0.1, -0.05) is 24.3 Å². The molecule has 2 aromatic carbocycles. The number of carbonyl (C=O) groups excluding carboxylic acids is 1. The minimum Gasteiger partial charge on any atom is -0.496 e. The van der Waals surface area contributed by atoms with Crippen LogP contribution in [0.15, 0.2) is 60.7 Å². The Hall–Kier alpha value is -3.21. The summed E-state index contributed by atoms with van der Waals surface area (Å²) < 4.78 is 18.7. The number of aromatic nitrogens is 1. The van der Waals surface area contributed by atoms with Gasteiger partial charge in [0.25, 0.3) is 5.91 Å². The van der Waals surface area contributed by atoms with E-state index in [-0.39, 0.29) is 17.6 Å². The van der Waals surface area contributed by atoms with E-state index in [4.69, 9.17) is 9.72 Å². The van der Waals surface area contributed by atoms with Gasteiger partial charge in [-0.3, -0.25) is 9.78 Å². The Kier molecular flexibility index (Phi) is 5.79. The first-order valence-electron chi connectivity index (χ1n) is 10.2. The van der Waals surface area contributed by atoms with Crippen LogP contribution in [0.1, 0.15) is 40.5 Å². The van der Waals surface area contributed by atoms with Gasteiger partial charge in [-0.2, -0.15) is 0 Å². The Balaban J connectivity index is 1.59. The van der Waals surface area contributed by atoms with Crippen LogP contribution in [-0.2, 0) is 0 Å². The van der Waals surface area contributed by atoms with Gasteiger partial charge in [-0.05, 0) is 67.3 Å². The van der Waals surface area contributed by atoms with Crippen molar-refractivity contribution in [2.24, 2.45) is 0 Å². The van der Waals surface area contributed by atoms with Gasteiger partial charge in [0, 0.05) is 30.4 Å². The summed E-state index contributed by atoms with van der Waals surface area (Å²) in [5, 5.41) is 0. The second kappa shape index (κ2) is 8.66. The highest BCUT2D eigenvalue weighted by atomic mass is 19.1. The molecule has 1 atom stereocenters. The molecule has 3 aromatic rings. The summed E-state index contributed by atoms with van der Waals surface area (Å²) >= 11 is 0. The minimum atomic E-state index is -0.248. The zero-order chi connectivity index (χ0) is 21.1. The predicted octanol–water partition coefficient (Wildman–Crippen LogP) is 5.22. The number of para-hydroxylation sites is 1. The lowest BCUT2D eigenvalue weighted by atomic mass is 9.91. The fraction of sp³-hybridized carbons (Fsp3) is 0.280. The zero-order valence-corrected chi connectivity index (χ0v) is 17.3. The summed E-state index contributed by atoms with van der Waals surface area (Å²) in [5.74, 6) is 0.500. The van der Waals surface area contributed by atoms with Crippen LogP contribution in [0.2, 0.25) is 0 Å². The Bertz CT molecular complexity index is 1050. The largest absolute Gasteiger partial charge is 0.496 e. The minimum absolute atomic E-state index is 0.0106. The standard InChI is InChI=1S/C25H25FN2O2/c1-17-14-20(18-9-11-21(26)12-10-18)15-23(27-17)19-6-5-13-28(16-19)25(29)22-7-3-4-8-24(22)30-2/h3-4,7-12,14-15,19H,5-6,13,16H2,1-2H3/t19-/m0/s1. The quantitative estimate of drug-likeness (QED) is 0.598. The van der Waals surface area contributed by atoms with Crippen molar-refractivity contribution in [2.75, 3.05) is 20.2 Å². The molecule has 154 valence electrons. The number of amides is 1. The topological polar surface area (TPSA) is 42.4 Å². The van der Waals surface area contributed by atoms with E-state index in [1.165, 1.54) is 12.1 Å². The molecule has 4 rings (SSSR count). The SMILES string of the molecule is COc1ccccc1C(=O)N1CCC[C@H](c2cc(-c3ccc(F)cc3)cc(C)n2)C1. The smallest absolute Gasteiger partial charge is 0.257 e. The van der Waals surface area contributed by atoms with Crippen LogP contribution in [0.25, 0.3) is 11.1 Å². The van der Waals surface area contributed by atoms with Gasteiger partial charge in [0.05, 0.1) is 12.7 Å². The average molecular weight is 404 g/mol. The molecule has 0 spiro atoms. The van der Waals surface area contributed by atoms with Crippen LogP contribution in [0.4, 0.5) is 4.39 Å². The molecule has 0 unspecified atom stereocenters. The van der Waals surface area contributed by atoms with E-state index in [1.54, 1.807) is 19.2 Å². The lowest BCUT2D eigenvalue weighted by Gasteiger charge is -2.33. The van der Waals surface area contributed by atoms with Crippen molar-refractivity contribution < 1.29 is 13.9 Å². The Morgan fingerprint density at radius 3 is 2.63 bits per heavy atom. The van der Waals surface area contributed by atoms with E-state index in [9.17, 15) is 9.18 Å². The summed E-state index contributed by atoms with van der Waals surface area (Å²) in [5.41, 5.74) is 4.46. The third-order valence-corrected chi connectivity index (χ3v) is 5.62. The van der Waals surface area contributed by atoms with Crippen molar-refractivity contribution in [3.63, 3.8) is 0 Å². The molecule has 0 N–H and O–H groups in total. The summed E-state index contributed by atoms with van der Waals surface area (Å²) in [6.45, 7) is 3.32. The number of hydrogen-bond acceptors (Lipinski definition) is 3. The van der Waals surface area contributed by atoms with E-state index >= 15 is 0 Å². The van der Waals surface area contributed by atoms with Crippen LogP contribution in [0, 0.1) is 12.7 Å². The van der Waals surface area contributed by atoms with E-state index < -0.39 is 0 Å². The van der Waals surface area contributed by atoms with Crippen LogP contribution in [-0.4, -0.2) is 36.0 Å². The lowest BCUT2D eigenvalue weighted by Crippen LogP contribution is -2.39. The van der Waals surface area contributed by atoms with Gasteiger partial charge < -0.3 is 9.64 Å². The number of carbonyl (C=O) groups is 1. The predicted molar refractivity (Wildman–Crippen MR) is 115 cm³/mol. The molecule has 0 aliphatic carbocycles. The number of piperidine rings is 1. The van der Waals surface area contributed by atoms with Crippen molar-refractivity contribution in [1.29, 1.82) is 0 Å². The Morgan fingerprint density at radius 1 is 1.10 bits per heavy atom. The molecule has 4 nitrogen and oxygen atoms in total. The fourth-order valence-corrected chi connectivity index (χ4v) is 4.11. The fourth-order valence-electron chi connectivity index (χ4n) is 4.11. The van der Waals surface area contributed by atoms with Crippen LogP contribution >= 0.6 is 0 Å². The third kappa shape index (κ3) is 4.20. The van der Waals surface area contributed by atoms with Gasteiger partial charge in [-0.15, -0.1) is 0 Å². The van der Waals surface area contributed by atoms with Crippen molar-refractivity contribution in [2.45, 2.75) is 25.7 Å². The molecule has 0 radical (unpaired) electrons. The average Bonchev–Trinajstić information content (AvgIpc) is 2.78. The molecule has 1 aromatic heterocycles. The molecular formula is C25H25FN2O2. The van der Waals surface area contributed by atoms with E-state index in [1.807, 2.05) is 42.2 Å². The van der Waals surface area contributed by atoms with Crippen molar-refractivity contribution in [3.05, 3.63) is 83.4 Å². The maximum absolute atomic E-state index is 13.3. The first-order valence-corrected chi connectivity index (χ1v) is 10.2. The van der Waals surface area contributed by atoms with Crippen LogP contribution < -0.4 is 4.74 Å². The van der Waals surface area contributed by atoms with Crippen LogP contribution in [0.3, 0.4) is 0 Å². The number of rotatable bonds is 4. The molecule has 0 saturated carbocycles. The second-order valence-electron chi connectivity index (χ2n) is 7.72. The number of likely N-dealkylation sites (tertiary alicyclic amines) is 1. The molecule has 30 heavy (non-hydrogen) atoms. The molecule has 1 amide bonds. The summed E-state index contributed by atoms with van der Waals surface area (Å²) in [6.07, 6.45) is 1.90. The molecular weight excluding hydrogens is 379 g/mol. The molecule has 1 fully saturated rings. The second-order valence-corrected chi connectivity index (χ2v) is 7.72. The number of pyridine rings is 1. The number of aryl methyl sites for hydroxylation is 1. The van der Waals surface area contributed by atoms with Gasteiger partial charge >= 0.3 is 0 Å². The number of halogens is 1. The zero-order valence-electron chi connectivity index (χ0n) is 17.3. The normalized spacial score (nSPS) is 16.4. The van der Waals surface area contributed by atoms with Gasteiger partial charge in [0.2, 0.25) is 0 Å². The summed E-state index contributed by atoms with van der Waals surface area (Å²) in [7, 11) is 1.58. The number of ether oxygens (including phenoxy) is 1. The number of nitrogens with zero attached hydrogens (tertiary/aromatic N) is 2. The first kappa shape index (κ1) is 20.1. The molecule has 0 bridgehead atoms. The lowest BCUT2D eigenvalue weighted by molar-refractivity contribution is 0.0702.